The minimum absolute atomic E-state index is 0.195. The van der Waals surface area contributed by atoms with Crippen LogP contribution < -0.4 is 11.2 Å². The largest absolute Gasteiger partial charge is 0.394 e. The Labute approximate surface area is 119 Å². The lowest BCUT2D eigenvalue weighted by molar-refractivity contribution is 0.460. The first-order chi connectivity index (χ1) is 8.97. The van der Waals surface area contributed by atoms with Crippen molar-refractivity contribution in [2.24, 2.45) is 5.92 Å². The molecule has 6 nitrogen and oxygen atoms in total. The van der Waals surface area contributed by atoms with E-state index in [1.54, 1.807) is 18.7 Å². The second-order valence-electron chi connectivity index (χ2n) is 4.82. The van der Waals surface area contributed by atoms with E-state index in [0.717, 1.165) is 12.4 Å². The first kappa shape index (κ1) is 13.8. The van der Waals surface area contributed by atoms with Crippen molar-refractivity contribution in [2.45, 2.75) is 26.9 Å². The molecule has 2 aromatic rings. The number of pyridine rings is 1. The molecule has 2 N–H and O–H groups in total. The molecule has 0 saturated carbocycles. The fourth-order valence-corrected chi connectivity index (χ4v) is 2.27. The molecule has 0 fully saturated rings. The van der Waals surface area contributed by atoms with Crippen LogP contribution in [0.3, 0.4) is 0 Å². The number of anilines is 1. The van der Waals surface area contributed by atoms with Crippen LogP contribution in [0.2, 0.25) is 0 Å². The van der Waals surface area contributed by atoms with Gasteiger partial charge in [-0.1, -0.05) is 13.8 Å². The minimum atomic E-state index is -0.195. The van der Waals surface area contributed by atoms with Crippen molar-refractivity contribution in [3.05, 3.63) is 39.2 Å². The van der Waals surface area contributed by atoms with Crippen LogP contribution >= 0.6 is 15.9 Å². The third kappa shape index (κ3) is 3.23. The third-order valence-electron chi connectivity index (χ3n) is 2.62. The number of hydrogen-bond acceptors (Lipinski definition) is 4. The maximum absolute atomic E-state index is 11.5. The molecule has 0 amide bonds. The minimum Gasteiger partial charge on any atom is -0.394 e. The first-order valence-corrected chi connectivity index (χ1v) is 6.78. The summed E-state index contributed by atoms with van der Waals surface area (Å²) in [6, 6.07) is 0. The molecule has 0 aromatic carbocycles. The lowest BCUT2D eigenvalue weighted by atomic mass is 10.2. The number of nitrogens with zero attached hydrogens (tertiary/aromatic N) is 4. The van der Waals surface area contributed by atoms with Gasteiger partial charge in [-0.05, 0) is 21.8 Å². The zero-order valence-corrected chi connectivity index (χ0v) is 12.5. The number of hydrogen-bond donors (Lipinski definition) is 1. The SMILES string of the molecule is CC(C)Cn1ncnc1Cn1cc(N)c(=O)c(Br)c1. The molecule has 0 aliphatic carbocycles. The molecule has 0 aliphatic heterocycles. The molecule has 0 spiro atoms. The predicted molar refractivity (Wildman–Crippen MR) is 76.8 cm³/mol. The summed E-state index contributed by atoms with van der Waals surface area (Å²) in [7, 11) is 0. The number of rotatable bonds is 4. The third-order valence-corrected chi connectivity index (χ3v) is 3.19. The summed E-state index contributed by atoms with van der Waals surface area (Å²) >= 11 is 3.20. The summed E-state index contributed by atoms with van der Waals surface area (Å²) < 4.78 is 4.14. The van der Waals surface area contributed by atoms with Crippen LogP contribution in [0.15, 0.2) is 28.0 Å². The molecule has 0 unspecified atom stereocenters. The number of aromatic nitrogens is 4. The van der Waals surface area contributed by atoms with Crippen molar-refractivity contribution in [1.82, 2.24) is 19.3 Å². The van der Waals surface area contributed by atoms with Gasteiger partial charge >= 0.3 is 0 Å². The molecule has 2 rings (SSSR count). The Kier molecular flexibility index (Phi) is 4.04. The molecule has 0 radical (unpaired) electrons. The molecular weight excluding hydrogens is 310 g/mol. The lowest BCUT2D eigenvalue weighted by Gasteiger charge is -2.11. The van der Waals surface area contributed by atoms with Crippen LogP contribution in [0, 0.1) is 5.92 Å². The molecule has 2 heterocycles. The van der Waals surface area contributed by atoms with Gasteiger partial charge in [-0.25, -0.2) is 9.67 Å². The maximum atomic E-state index is 11.5. The van der Waals surface area contributed by atoms with Crippen LogP contribution in [-0.4, -0.2) is 19.3 Å². The molecule has 0 bridgehead atoms. The second kappa shape index (κ2) is 5.56. The second-order valence-corrected chi connectivity index (χ2v) is 5.67. The highest BCUT2D eigenvalue weighted by molar-refractivity contribution is 9.10. The van der Waals surface area contributed by atoms with Gasteiger partial charge in [0, 0.05) is 18.9 Å². The smallest absolute Gasteiger partial charge is 0.218 e. The van der Waals surface area contributed by atoms with Crippen LogP contribution in [0.1, 0.15) is 19.7 Å². The zero-order valence-electron chi connectivity index (χ0n) is 10.9. The van der Waals surface area contributed by atoms with Gasteiger partial charge in [0.2, 0.25) is 5.43 Å². The highest BCUT2D eigenvalue weighted by Crippen LogP contribution is 2.09. The van der Waals surface area contributed by atoms with Crippen molar-refractivity contribution in [2.75, 3.05) is 5.73 Å². The van der Waals surface area contributed by atoms with E-state index < -0.39 is 0 Å². The summed E-state index contributed by atoms with van der Waals surface area (Å²) in [4.78, 5) is 15.8. The normalized spacial score (nSPS) is 11.2. The summed E-state index contributed by atoms with van der Waals surface area (Å²) in [6.45, 7) is 5.58. The van der Waals surface area contributed by atoms with Crippen LogP contribution in [0.4, 0.5) is 5.69 Å². The van der Waals surface area contributed by atoms with Crippen molar-refractivity contribution in [3.8, 4) is 0 Å². The Balaban J connectivity index is 2.27. The van der Waals surface area contributed by atoms with Gasteiger partial charge in [-0.2, -0.15) is 5.10 Å². The number of nitrogen functional groups attached to an aromatic ring is 1. The van der Waals surface area contributed by atoms with E-state index in [9.17, 15) is 4.79 Å². The molecular formula is C12H16BrN5O. The van der Waals surface area contributed by atoms with Crippen molar-refractivity contribution >= 4 is 21.6 Å². The van der Waals surface area contributed by atoms with E-state index in [-0.39, 0.29) is 11.1 Å². The highest BCUT2D eigenvalue weighted by atomic mass is 79.9. The van der Waals surface area contributed by atoms with Gasteiger partial charge in [0.1, 0.15) is 12.2 Å². The number of halogens is 1. The monoisotopic (exact) mass is 325 g/mol. The van der Waals surface area contributed by atoms with Crippen molar-refractivity contribution in [1.29, 1.82) is 0 Å². The highest BCUT2D eigenvalue weighted by Gasteiger charge is 2.08. The quantitative estimate of drug-likeness (QED) is 0.923. The Hall–Kier alpha value is -1.63. The first-order valence-electron chi connectivity index (χ1n) is 5.99. The Bertz CT molecular complexity index is 605. The Morgan fingerprint density at radius 2 is 2.16 bits per heavy atom. The van der Waals surface area contributed by atoms with E-state index in [2.05, 4.69) is 39.9 Å². The molecule has 2 aromatic heterocycles. The number of nitrogens with two attached hydrogens (primary N) is 1. The van der Waals surface area contributed by atoms with E-state index in [4.69, 9.17) is 5.73 Å². The van der Waals surface area contributed by atoms with Gasteiger partial charge in [-0.15, -0.1) is 0 Å². The summed E-state index contributed by atoms with van der Waals surface area (Å²) in [5, 5.41) is 4.20. The fourth-order valence-electron chi connectivity index (χ4n) is 1.78. The molecule has 7 heteroatoms. The summed E-state index contributed by atoms with van der Waals surface area (Å²) in [5.41, 5.74) is 5.68. The van der Waals surface area contributed by atoms with Crippen LogP contribution in [0.5, 0.6) is 0 Å². The van der Waals surface area contributed by atoms with Crippen molar-refractivity contribution in [3.63, 3.8) is 0 Å². The van der Waals surface area contributed by atoms with Gasteiger partial charge < -0.3 is 10.3 Å². The van der Waals surface area contributed by atoms with Gasteiger partial charge in [0.05, 0.1) is 16.7 Å². The predicted octanol–water partition coefficient (Wildman–Crippen LogP) is 1.49. The van der Waals surface area contributed by atoms with Crippen LogP contribution in [-0.2, 0) is 13.1 Å². The molecule has 0 atom stereocenters. The van der Waals surface area contributed by atoms with E-state index >= 15 is 0 Å². The van der Waals surface area contributed by atoms with Crippen molar-refractivity contribution < 1.29 is 0 Å². The topological polar surface area (TPSA) is 78.7 Å². The van der Waals surface area contributed by atoms with Gasteiger partial charge in [-0.3, -0.25) is 4.79 Å². The average Bonchev–Trinajstić information content (AvgIpc) is 2.72. The fraction of sp³-hybridized carbons (Fsp3) is 0.417. The Morgan fingerprint density at radius 3 is 2.79 bits per heavy atom. The van der Waals surface area contributed by atoms with Gasteiger partial charge in [0.25, 0.3) is 0 Å². The standard InChI is InChI=1S/C12H16BrN5O/c1-8(2)3-18-11(15-7-16-18)6-17-4-9(13)12(19)10(14)5-17/h4-5,7-8H,3,6,14H2,1-2H3. The molecule has 0 aliphatic rings. The maximum Gasteiger partial charge on any atom is 0.218 e. The van der Waals surface area contributed by atoms with Gasteiger partial charge in [0.15, 0.2) is 0 Å². The average molecular weight is 326 g/mol. The van der Waals surface area contributed by atoms with E-state index in [0.29, 0.717) is 16.9 Å². The van der Waals surface area contributed by atoms with Crippen LogP contribution in [0.25, 0.3) is 0 Å². The van der Waals surface area contributed by atoms with E-state index in [1.165, 1.54) is 0 Å². The summed E-state index contributed by atoms with van der Waals surface area (Å²) in [6.07, 6.45) is 4.85. The molecule has 102 valence electrons. The molecule has 19 heavy (non-hydrogen) atoms. The Morgan fingerprint density at radius 1 is 1.42 bits per heavy atom. The summed E-state index contributed by atoms with van der Waals surface area (Å²) in [5.74, 6) is 1.33. The lowest BCUT2D eigenvalue weighted by Crippen LogP contribution is -2.16. The zero-order chi connectivity index (χ0) is 14.0. The molecule has 0 saturated heterocycles. The van der Waals surface area contributed by atoms with E-state index in [1.807, 2.05) is 9.25 Å².